The number of halogens is 2. The van der Waals surface area contributed by atoms with Crippen LogP contribution in [0, 0.1) is 35.0 Å². The molecule has 328 valence electrons. The highest BCUT2D eigenvalue weighted by atomic mass is 32.2. The molecule has 0 unspecified atom stereocenters. The van der Waals surface area contributed by atoms with Crippen molar-refractivity contribution in [2.45, 2.75) is 140 Å². The van der Waals surface area contributed by atoms with Crippen molar-refractivity contribution in [3.05, 3.63) is 23.9 Å². The van der Waals surface area contributed by atoms with Crippen LogP contribution in [0.3, 0.4) is 0 Å². The molecule has 1 aromatic carbocycles. The van der Waals surface area contributed by atoms with E-state index in [4.69, 9.17) is 24.2 Å². The maximum Gasteiger partial charge on any atom is 0.408 e. The van der Waals surface area contributed by atoms with Crippen molar-refractivity contribution >= 4 is 44.9 Å². The number of carbonyl (C=O) groups excluding carboxylic acids is 4. The molecule has 18 heteroatoms. The Bertz CT molecular complexity index is 2150. The number of hydrogen-bond acceptors (Lipinski definition) is 11. The van der Waals surface area contributed by atoms with Crippen LogP contribution in [-0.4, -0.2) is 102 Å². The van der Waals surface area contributed by atoms with Crippen molar-refractivity contribution in [3.8, 4) is 11.6 Å². The summed E-state index contributed by atoms with van der Waals surface area (Å²) < 4.78 is 74.5. The Morgan fingerprint density at radius 2 is 1.80 bits per heavy atom. The standard InChI is InChI=1S/C42H56F2N6O9S/c1-6-24-32-20-50(33(24)36(51)48-42(19-27(42)35(43)44)39(53)49-60(55,56)23-13-14-23)38(52)34(41(2,3)4)47-40(54)59-31-17-21-16-26(21)25(31)10-8-7-9-11-29-37(58-32)46-30-18-22(57-5)12-15-28(30)45-29/h12,15,18,21,23-27,31-35H,6-11,13-14,16-17,19-20H2,1-5H3,(H,47,54)(H,48,51)(H,49,53)/t21-,24+,25+,26-,27-,31+,32-,33-,34+,42+/m0/s1. The van der Waals surface area contributed by atoms with Gasteiger partial charge in [0, 0.05) is 12.0 Å². The Morgan fingerprint density at radius 1 is 1.03 bits per heavy atom. The third-order valence-corrected chi connectivity index (χ3v) is 15.5. The Balaban J connectivity index is 1.17. The average Bonchev–Trinajstić information content (AvgIpc) is 4.12. The van der Waals surface area contributed by atoms with Crippen molar-refractivity contribution in [1.29, 1.82) is 0 Å². The molecule has 6 aliphatic rings. The number of methoxy groups -OCH3 is 1. The molecule has 4 saturated carbocycles. The number of benzene rings is 1. The van der Waals surface area contributed by atoms with Crippen LogP contribution in [0.15, 0.2) is 18.2 Å². The summed E-state index contributed by atoms with van der Waals surface area (Å²) in [6.07, 6.45) is 1.35. The lowest BCUT2D eigenvalue weighted by molar-refractivity contribution is -0.144. The number of aryl methyl sites for hydroxylation is 1. The predicted molar refractivity (Wildman–Crippen MR) is 213 cm³/mol. The van der Waals surface area contributed by atoms with E-state index in [9.17, 15) is 36.4 Å². The van der Waals surface area contributed by atoms with E-state index in [1.54, 1.807) is 46.9 Å². The third kappa shape index (κ3) is 8.20. The molecule has 5 fully saturated rings. The van der Waals surface area contributed by atoms with Crippen molar-refractivity contribution < 1.29 is 50.6 Å². The van der Waals surface area contributed by atoms with Gasteiger partial charge in [0.05, 0.1) is 35.9 Å². The van der Waals surface area contributed by atoms with E-state index in [2.05, 4.69) is 10.6 Å². The van der Waals surface area contributed by atoms with Crippen LogP contribution in [0.1, 0.15) is 97.6 Å². The van der Waals surface area contributed by atoms with Crippen molar-refractivity contribution in [2.75, 3.05) is 13.7 Å². The van der Waals surface area contributed by atoms with Gasteiger partial charge in [0.2, 0.25) is 34.1 Å². The van der Waals surface area contributed by atoms with Gasteiger partial charge in [-0.25, -0.2) is 32.0 Å². The molecule has 3 heterocycles. The fourth-order valence-electron chi connectivity index (χ4n) is 9.97. The molecule has 3 N–H and O–H groups in total. The zero-order valence-electron chi connectivity index (χ0n) is 34.7. The number of sulfonamides is 1. The highest BCUT2D eigenvalue weighted by Crippen LogP contribution is 2.58. The Hall–Kier alpha value is -4.35. The van der Waals surface area contributed by atoms with Crippen LogP contribution in [0.5, 0.6) is 11.6 Å². The highest BCUT2D eigenvalue weighted by Gasteiger charge is 2.67. The van der Waals surface area contributed by atoms with Gasteiger partial charge in [-0.1, -0.05) is 40.5 Å². The van der Waals surface area contributed by atoms with Crippen LogP contribution in [0.25, 0.3) is 11.0 Å². The number of amides is 4. The molecule has 4 amide bonds. The second kappa shape index (κ2) is 15.8. The second-order valence-electron chi connectivity index (χ2n) is 18.8. The zero-order valence-corrected chi connectivity index (χ0v) is 35.6. The minimum Gasteiger partial charge on any atom is -0.497 e. The summed E-state index contributed by atoms with van der Waals surface area (Å²) in [6, 6.07) is 2.76. The lowest BCUT2D eigenvalue weighted by Gasteiger charge is -2.36. The molecule has 4 aliphatic carbocycles. The first-order valence-electron chi connectivity index (χ1n) is 21.4. The largest absolute Gasteiger partial charge is 0.497 e. The van der Waals surface area contributed by atoms with Crippen LogP contribution in [0.4, 0.5) is 13.6 Å². The normalized spacial score (nSPS) is 33.3. The van der Waals surface area contributed by atoms with E-state index in [-0.39, 0.29) is 30.9 Å². The molecule has 2 aliphatic heterocycles. The first-order valence-corrected chi connectivity index (χ1v) is 22.9. The first-order chi connectivity index (χ1) is 28.4. The molecule has 15 nitrogen and oxygen atoms in total. The number of alkyl carbamates (subject to hydrolysis) is 1. The molecular weight excluding hydrogens is 803 g/mol. The number of nitrogens with zero attached hydrogens (tertiary/aromatic N) is 3. The molecule has 0 radical (unpaired) electrons. The molecular formula is C42H56F2N6O9S. The molecule has 1 aromatic heterocycles. The lowest BCUT2D eigenvalue weighted by Crippen LogP contribution is -2.61. The highest BCUT2D eigenvalue weighted by molar-refractivity contribution is 7.91. The average molecular weight is 859 g/mol. The second-order valence-corrected chi connectivity index (χ2v) is 20.8. The summed E-state index contributed by atoms with van der Waals surface area (Å²) in [4.78, 5) is 68.2. The van der Waals surface area contributed by atoms with E-state index < -0.39 is 92.9 Å². The van der Waals surface area contributed by atoms with Crippen molar-refractivity contribution in [3.63, 3.8) is 0 Å². The smallest absolute Gasteiger partial charge is 0.408 e. The molecule has 2 aromatic rings. The third-order valence-electron chi connectivity index (χ3n) is 13.7. The molecule has 60 heavy (non-hydrogen) atoms. The van der Waals surface area contributed by atoms with Crippen molar-refractivity contribution in [2.24, 2.45) is 35.0 Å². The van der Waals surface area contributed by atoms with E-state index in [1.165, 1.54) is 4.90 Å². The number of hydrogen-bond donors (Lipinski definition) is 3. The Morgan fingerprint density at radius 3 is 2.47 bits per heavy atom. The van der Waals surface area contributed by atoms with E-state index >= 15 is 0 Å². The zero-order chi connectivity index (χ0) is 42.9. The number of nitrogens with one attached hydrogen (secondary N) is 3. The lowest BCUT2D eigenvalue weighted by atomic mass is 9.85. The summed E-state index contributed by atoms with van der Waals surface area (Å²) >= 11 is 0. The molecule has 8 rings (SSSR count). The van der Waals surface area contributed by atoms with Gasteiger partial charge in [0.15, 0.2) is 0 Å². The number of rotatable bonds is 8. The number of carbonyl (C=O) groups is 4. The predicted octanol–water partition coefficient (Wildman–Crippen LogP) is 4.65. The van der Waals surface area contributed by atoms with Gasteiger partial charge in [-0.05, 0) is 93.1 Å². The minimum atomic E-state index is -4.15. The van der Waals surface area contributed by atoms with E-state index in [0.29, 0.717) is 53.6 Å². The number of fused-ring (bicyclic) bond motifs is 7. The number of aromatic nitrogens is 2. The summed E-state index contributed by atoms with van der Waals surface area (Å²) in [7, 11) is -2.61. The van der Waals surface area contributed by atoms with Gasteiger partial charge in [-0.2, -0.15) is 0 Å². The number of ether oxygens (including phenoxy) is 3. The Labute approximate surface area is 348 Å². The summed E-state index contributed by atoms with van der Waals surface area (Å²) in [6.45, 7) is 6.94. The SMILES string of the molecule is CC[C@@H]1[C@@H]2CN(C(=O)[C@H](C(C)(C)C)NC(=O)O[C@@H]3C[C@@H]4C[C@@H]4[C@H]3CCCCCc3nc4ccc(OC)cc4nc3O2)[C@@H]1C(=O)N[C@]1(C(=O)NS(=O)(=O)C2CC2)C[C@H]1C(F)F. The monoisotopic (exact) mass is 858 g/mol. The van der Waals surface area contributed by atoms with E-state index in [0.717, 1.165) is 38.5 Å². The van der Waals surface area contributed by atoms with Crippen LogP contribution < -0.4 is 24.8 Å². The van der Waals surface area contributed by atoms with Gasteiger partial charge in [0.1, 0.15) is 41.3 Å². The van der Waals surface area contributed by atoms with Crippen LogP contribution >= 0.6 is 0 Å². The quantitative estimate of drug-likeness (QED) is 0.335. The van der Waals surface area contributed by atoms with Gasteiger partial charge in [0.25, 0.3) is 5.91 Å². The molecule has 1 saturated heterocycles. The molecule has 0 spiro atoms. The van der Waals surface area contributed by atoms with E-state index in [1.807, 2.05) is 10.8 Å². The first kappa shape index (κ1) is 42.3. The summed E-state index contributed by atoms with van der Waals surface area (Å²) in [5.74, 6) is -3.24. The Kier molecular flexibility index (Phi) is 11.2. The maximum atomic E-state index is 15.0. The van der Waals surface area contributed by atoms with Gasteiger partial charge >= 0.3 is 6.09 Å². The van der Waals surface area contributed by atoms with Gasteiger partial charge in [-0.15, -0.1) is 0 Å². The number of alkyl halides is 2. The van der Waals surface area contributed by atoms with Crippen molar-refractivity contribution in [1.82, 2.24) is 30.2 Å². The fraction of sp³-hybridized carbons (Fsp3) is 0.714. The van der Waals surface area contributed by atoms with Crippen LogP contribution in [0.2, 0.25) is 0 Å². The molecule has 10 atom stereocenters. The van der Waals surface area contributed by atoms with Crippen LogP contribution in [-0.2, 0) is 35.6 Å². The van der Waals surface area contributed by atoms with Gasteiger partial charge in [-0.3, -0.25) is 19.1 Å². The maximum absolute atomic E-state index is 15.0. The fourth-order valence-corrected chi connectivity index (χ4v) is 11.3. The minimum absolute atomic E-state index is 0.169. The molecule has 2 bridgehead atoms. The summed E-state index contributed by atoms with van der Waals surface area (Å²) in [5.41, 5.74) is -1.39. The van der Waals surface area contributed by atoms with Gasteiger partial charge < -0.3 is 29.7 Å². The summed E-state index contributed by atoms with van der Waals surface area (Å²) in [5, 5.41) is 4.53. The topological polar surface area (TPSA) is 195 Å².